The molecule has 0 saturated heterocycles. The van der Waals surface area contributed by atoms with Crippen LogP contribution in [-0.4, -0.2) is 4.98 Å². The number of nitrogens with zero attached hydrogens (tertiary/aromatic N) is 1. The lowest BCUT2D eigenvalue weighted by Gasteiger charge is -2.09. The Balaban J connectivity index is 2.07. The van der Waals surface area contributed by atoms with E-state index >= 15 is 0 Å². The Bertz CT molecular complexity index is 498. The van der Waals surface area contributed by atoms with E-state index < -0.39 is 0 Å². The largest absolute Gasteiger partial charge is 0.381 e. The molecular formula is C15H18N2. The highest BCUT2D eigenvalue weighted by molar-refractivity contribution is 5.48. The summed E-state index contributed by atoms with van der Waals surface area (Å²) in [5.41, 5.74) is 6.16. The highest BCUT2D eigenvalue weighted by atomic mass is 14.9. The second-order valence-corrected chi connectivity index (χ2v) is 4.60. The zero-order valence-electron chi connectivity index (χ0n) is 10.6. The molecule has 0 fully saturated rings. The van der Waals surface area contributed by atoms with Gasteiger partial charge in [0.15, 0.2) is 0 Å². The molecule has 0 unspecified atom stereocenters. The number of benzene rings is 1. The smallest absolute Gasteiger partial charge is 0.0416 e. The minimum atomic E-state index is 0.817. The third kappa shape index (κ3) is 3.31. The molecule has 0 radical (unpaired) electrons. The zero-order valence-corrected chi connectivity index (χ0v) is 10.6. The molecule has 2 nitrogen and oxygen atoms in total. The van der Waals surface area contributed by atoms with E-state index in [1.54, 1.807) is 0 Å². The molecule has 0 atom stereocenters. The van der Waals surface area contributed by atoms with E-state index in [9.17, 15) is 0 Å². The Hall–Kier alpha value is -1.83. The first-order valence-electron chi connectivity index (χ1n) is 5.86. The van der Waals surface area contributed by atoms with Crippen LogP contribution in [0.15, 0.2) is 36.7 Å². The predicted octanol–water partition coefficient (Wildman–Crippen LogP) is 3.62. The molecule has 2 aromatic rings. The van der Waals surface area contributed by atoms with Gasteiger partial charge in [0.05, 0.1) is 0 Å². The van der Waals surface area contributed by atoms with Crippen molar-refractivity contribution in [2.75, 3.05) is 5.32 Å². The number of nitrogens with one attached hydrogen (secondary N) is 1. The van der Waals surface area contributed by atoms with Crippen molar-refractivity contribution in [2.24, 2.45) is 0 Å². The van der Waals surface area contributed by atoms with Crippen molar-refractivity contribution in [3.63, 3.8) is 0 Å². The molecule has 0 saturated carbocycles. The summed E-state index contributed by atoms with van der Waals surface area (Å²) in [7, 11) is 0. The van der Waals surface area contributed by atoms with E-state index in [4.69, 9.17) is 0 Å². The van der Waals surface area contributed by atoms with E-state index in [2.05, 4.69) is 55.3 Å². The molecule has 0 amide bonds. The van der Waals surface area contributed by atoms with Gasteiger partial charge < -0.3 is 5.32 Å². The lowest BCUT2D eigenvalue weighted by Crippen LogP contribution is -2.00. The van der Waals surface area contributed by atoms with Gasteiger partial charge in [-0.25, -0.2) is 0 Å². The van der Waals surface area contributed by atoms with Crippen molar-refractivity contribution in [1.82, 2.24) is 4.98 Å². The quantitative estimate of drug-likeness (QED) is 0.864. The number of anilines is 1. The van der Waals surface area contributed by atoms with Gasteiger partial charge in [-0.3, -0.25) is 4.98 Å². The molecule has 2 heteroatoms. The fraction of sp³-hybridized carbons (Fsp3) is 0.267. The molecular weight excluding hydrogens is 208 g/mol. The van der Waals surface area contributed by atoms with Gasteiger partial charge in [-0.1, -0.05) is 12.1 Å². The van der Waals surface area contributed by atoms with Gasteiger partial charge in [0, 0.05) is 24.6 Å². The summed E-state index contributed by atoms with van der Waals surface area (Å²) in [6.07, 6.45) is 3.78. The Labute approximate surface area is 103 Å². The summed E-state index contributed by atoms with van der Waals surface area (Å²) in [5.74, 6) is 0. The Morgan fingerprint density at radius 3 is 2.24 bits per heavy atom. The molecule has 0 bridgehead atoms. The molecule has 2 rings (SSSR count). The minimum Gasteiger partial charge on any atom is -0.381 e. The van der Waals surface area contributed by atoms with Crippen molar-refractivity contribution < 1.29 is 0 Å². The molecule has 88 valence electrons. The van der Waals surface area contributed by atoms with Gasteiger partial charge in [0.2, 0.25) is 0 Å². The van der Waals surface area contributed by atoms with Crippen LogP contribution in [0.1, 0.15) is 22.3 Å². The minimum absolute atomic E-state index is 0.817. The van der Waals surface area contributed by atoms with Gasteiger partial charge in [-0.2, -0.15) is 0 Å². The monoisotopic (exact) mass is 226 g/mol. The molecule has 0 aliphatic rings. The van der Waals surface area contributed by atoms with Crippen LogP contribution < -0.4 is 5.32 Å². The third-order valence-corrected chi connectivity index (χ3v) is 2.65. The SMILES string of the molecule is Cc1cncc(CNc2cc(C)cc(C)c2)c1. The van der Waals surface area contributed by atoms with Crippen LogP contribution >= 0.6 is 0 Å². The number of aromatic nitrogens is 1. The average Bonchev–Trinajstić information content (AvgIpc) is 2.25. The van der Waals surface area contributed by atoms with Crippen molar-refractivity contribution in [3.05, 3.63) is 58.9 Å². The van der Waals surface area contributed by atoms with Crippen LogP contribution in [0.4, 0.5) is 5.69 Å². The summed E-state index contributed by atoms with van der Waals surface area (Å²) in [5, 5.41) is 3.43. The summed E-state index contributed by atoms with van der Waals surface area (Å²) in [4.78, 5) is 4.19. The maximum absolute atomic E-state index is 4.19. The molecule has 1 aromatic heterocycles. The molecule has 1 aromatic carbocycles. The van der Waals surface area contributed by atoms with E-state index in [1.165, 1.54) is 27.9 Å². The van der Waals surface area contributed by atoms with E-state index in [0.29, 0.717) is 0 Å². The predicted molar refractivity (Wildman–Crippen MR) is 72.2 cm³/mol. The second-order valence-electron chi connectivity index (χ2n) is 4.60. The number of rotatable bonds is 3. The van der Waals surface area contributed by atoms with Gasteiger partial charge >= 0.3 is 0 Å². The van der Waals surface area contributed by atoms with Gasteiger partial charge in [0.25, 0.3) is 0 Å². The highest BCUT2D eigenvalue weighted by Crippen LogP contribution is 2.14. The molecule has 0 aliphatic heterocycles. The van der Waals surface area contributed by atoms with Crippen molar-refractivity contribution in [2.45, 2.75) is 27.3 Å². The lowest BCUT2D eigenvalue weighted by atomic mass is 10.1. The van der Waals surface area contributed by atoms with Crippen LogP contribution in [0.5, 0.6) is 0 Å². The van der Waals surface area contributed by atoms with Crippen LogP contribution in [0.2, 0.25) is 0 Å². The Kier molecular flexibility index (Phi) is 3.43. The van der Waals surface area contributed by atoms with E-state index in [-0.39, 0.29) is 0 Å². The molecule has 17 heavy (non-hydrogen) atoms. The van der Waals surface area contributed by atoms with Crippen molar-refractivity contribution in [3.8, 4) is 0 Å². The van der Waals surface area contributed by atoms with Crippen LogP contribution in [0, 0.1) is 20.8 Å². The Morgan fingerprint density at radius 1 is 0.882 bits per heavy atom. The fourth-order valence-electron chi connectivity index (χ4n) is 2.00. The summed E-state index contributed by atoms with van der Waals surface area (Å²) in [6, 6.07) is 8.66. The highest BCUT2D eigenvalue weighted by Gasteiger charge is 1.97. The third-order valence-electron chi connectivity index (χ3n) is 2.65. The number of pyridine rings is 1. The standard InChI is InChI=1S/C15H18N2/c1-11-4-12(2)7-15(6-11)17-10-14-5-13(3)8-16-9-14/h4-9,17H,10H2,1-3H3. The topological polar surface area (TPSA) is 24.9 Å². The number of hydrogen-bond donors (Lipinski definition) is 1. The fourth-order valence-corrected chi connectivity index (χ4v) is 2.00. The maximum Gasteiger partial charge on any atom is 0.0416 e. The number of hydrogen-bond acceptors (Lipinski definition) is 2. The van der Waals surface area contributed by atoms with Gasteiger partial charge in [0.1, 0.15) is 0 Å². The lowest BCUT2D eigenvalue weighted by molar-refractivity contribution is 1.09. The summed E-state index contributed by atoms with van der Waals surface area (Å²) < 4.78 is 0. The zero-order chi connectivity index (χ0) is 12.3. The summed E-state index contributed by atoms with van der Waals surface area (Å²) in [6.45, 7) is 7.11. The normalized spacial score (nSPS) is 10.3. The van der Waals surface area contributed by atoms with E-state index in [0.717, 1.165) is 6.54 Å². The first kappa shape index (κ1) is 11.6. The van der Waals surface area contributed by atoms with Crippen LogP contribution in [0.3, 0.4) is 0 Å². The van der Waals surface area contributed by atoms with E-state index in [1.807, 2.05) is 12.4 Å². The molecule has 1 heterocycles. The van der Waals surface area contributed by atoms with Crippen molar-refractivity contribution in [1.29, 1.82) is 0 Å². The first-order chi connectivity index (χ1) is 8.13. The van der Waals surface area contributed by atoms with Crippen LogP contribution in [-0.2, 0) is 6.54 Å². The summed E-state index contributed by atoms with van der Waals surface area (Å²) >= 11 is 0. The Morgan fingerprint density at radius 2 is 1.59 bits per heavy atom. The average molecular weight is 226 g/mol. The second kappa shape index (κ2) is 5.00. The maximum atomic E-state index is 4.19. The number of aryl methyl sites for hydroxylation is 3. The van der Waals surface area contributed by atoms with Gasteiger partial charge in [-0.05, 0) is 55.2 Å². The molecule has 1 N–H and O–H groups in total. The first-order valence-corrected chi connectivity index (χ1v) is 5.86. The molecule has 0 aliphatic carbocycles. The molecule has 0 spiro atoms. The van der Waals surface area contributed by atoms with Crippen LogP contribution in [0.25, 0.3) is 0 Å². The van der Waals surface area contributed by atoms with Crippen molar-refractivity contribution >= 4 is 5.69 Å². The van der Waals surface area contributed by atoms with Gasteiger partial charge in [-0.15, -0.1) is 0 Å².